The van der Waals surface area contributed by atoms with E-state index in [1.807, 2.05) is 0 Å². The highest BCUT2D eigenvalue weighted by molar-refractivity contribution is 9.10. The van der Waals surface area contributed by atoms with Gasteiger partial charge in [0.25, 0.3) is 0 Å². The van der Waals surface area contributed by atoms with Gasteiger partial charge in [-0.25, -0.2) is 17.9 Å². The van der Waals surface area contributed by atoms with Gasteiger partial charge in [0.15, 0.2) is 0 Å². The fraction of sp³-hybridized carbons (Fsp3) is 0.312. The van der Waals surface area contributed by atoms with Gasteiger partial charge in [0.1, 0.15) is 11.5 Å². The molecule has 0 aliphatic heterocycles. The Bertz CT molecular complexity index is 844. The summed E-state index contributed by atoms with van der Waals surface area (Å²) in [5.41, 5.74) is 0.275. The molecule has 2 aromatic rings. The minimum Gasteiger partial charge on any atom is -0.465 e. The first-order valence-electron chi connectivity index (χ1n) is 7.30. The molecular formula is C16H18BrNO5S. The largest absolute Gasteiger partial charge is 0.465 e. The summed E-state index contributed by atoms with van der Waals surface area (Å²) < 4.78 is 38.3. The Morgan fingerprint density at radius 2 is 2.04 bits per heavy atom. The monoisotopic (exact) mass is 415 g/mol. The summed E-state index contributed by atoms with van der Waals surface area (Å²) in [6, 6.07) is 7.16. The molecule has 0 aliphatic carbocycles. The predicted octanol–water partition coefficient (Wildman–Crippen LogP) is 3.57. The number of carbonyl (C=O) groups excluding carboxylic acids is 1. The Kier molecular flexibility index (Phi) is 5.84. The summed E-state index contributed by atoms with van der Waals surface area (Å²) >= 11 is 3.20. The number of ether oxygens (including phenoxy) is 1. The second kappa shape index (κ2) is 7.50. The molecule has 0 aliphatic rings. The molecule has 0 saturated heterocycles. The summed E-state index contributed by atoms with van der Waals surface area (Å²) in [5, 5.41) is 0. The van der Waals surface area contributed by atoms with Crippen molar-refractivity contribution in [2.75, 3.05) is 6.61 Å². The third-order valence-electron chi connectivity index (χ3n) is 3.25. The van der Waals surface area contributed by atoms with E-state index in [0.717, 1.165) is 0 Å². The van der Waals surface area contributed by atoms with E-state index < -0.39 is 22.0 Å². The number of aryl methyl sites for hydroxylation is 1. The second-order valence-corrected chi connectivity index (χ2v) is 7.69. The summed E-state index contributed by atoms with van der Waals surface area (Å²) in [6.07, 6.45) is 0. The highest BCUT2D eigenvalue weighted by Crippen LogP contribution is 2.26. The van der Waals surface area contributed by atoms with E-state index in [1.165, 1.54) is 18.2 Å². The molecule has 1 aromatic carbocycles. The van der Waals surface area contributed by atoms with Crippen molar-refractivity contribution in [2.45, 2.75) is 31.7 Å². The average molecular weight is 416 g/mol. The van der Waals surface area contributed by atoms with Crippen molar-refractivity contribution in [3.63, 3.8) is 0 Å². The summed E-state index contributed by atoms with van der Waals surface area (Å²) in [4.78, 5) is 11.7. The molecule has 0 bridgehead atoms. The molecule has 24 heavy (non-hydrogen) atoms. The highest BCUT2D eigenvalue weighted by atomic mass is 79.9. The topological polar surface area (TPSA) is 85.6 Å². The molecule has 1 heterocycles. The van der Waals surface area contributed by atoms with Crippen LogP contribution in [0.15, 0.2) is 44.1 Å². The van der Waals surface area contributed by atoms with Gasteiger partial charge in [-0.2, -0.15) is 0 Å². The number of halogens is 1. The lowest BCUT2D eigenvalue weighted by Gasteiger charge is -2.14. The highest BCUT2D eigenvalue weighted by Gasteiger charge is 2.23. The maximum atomic E-state index is 12.6. The quantitative estimate of drug-likeness (QED) is 0.728. The third kappa shape index (κ3) is 4.25. The predicted molar refractivity (Wildman–Crippen MR) is 92.3 cm³/mol. The molecule has 0 spiro atoms. The molecule has 0 unspecified atom stereocenters. The maximum absolute atomic E-state index is 12.6. The lowest BCUT2D eigenvalue weighted by atomic mass is 10.2. The second-order valence-electron chi connectivity index (χ2n) is 5.16. The van der Waals surface area contributed by atoms with Crippen molar-refractivity contribution in [2.24, 2.45) is 0 Å². The fourth-order valence-electron chi connectivity index (χ4n) is 2.10. The molecule has 8 heteroatoms. The Labute approximate surface area is 149 Å². The van der Waals surface area contributed by atoms with Crippen LogP contribution in [0.1, 0.15) is 41.8 Å². The van der Waals surface area contributed by atoms with Crippen LogP contribution in [0.5, 0.6) is 0 Å². The van der Waals surface area contributed by atoms with Crippen molar-refractivity contribution in [1.82, 2.24) is 4.72 Å². The minimum absolute atomic E-state index is 0.0330. The number of sulfonamides is 1. The zero-order chi connectivity index (χ0) is 17.9. The van der Waals surface area contributed by atoms with Crippen LogP contribution >= 0.6 is 15.9 Å². The Morgan fingerprint density at radius 3 is 2.58 bits per heavy atom. The summed E-state index contributed by atoms with van der Waals surface area (Å²) in [7, 11) is -3.79. The van der Waals surface area contributed by atoms with Gasteiger partial charge in [-0.05, 0) is 67.0 Å². The van der Waals surface area contributed by atoms with Gasteiger partial charge < -0.3 is 9.15 Å². The van der Waals surface area contributed by atoms with Crippen molar-refractivity contribution >= 4 is 31.9 Å². The molecule has 1 N–H and O–H groups in total. The van der Waals surface area contributed by atoms with Crippen molar-refractivity contribution < 1.29 is 22.4 Å². The van der Waals surface area contributed by atoms with Gasteiger partial charge in [-0.1, -0.05) is 0 Å². The molecule has 0 radical (unpaired) electrons. The minimum atomic E-state index is -3.79. The Hall–Kier alpha value is -1.64. The zero-order valence-electron chi connectivity index (χ0n) is 13.5. The van der Waals surface area contributed by atoms with Crippen LogP contribution in [0.2, 0.25) is 0 Å². The normalized spacial score (nSPS) is 12.8. The molecule has 0 saturated carbocycles. The molecule has 6 nitrogen and oxygen atoms in total. The number of carbonyl (C=O) groups is 1. The van der Waals surface area contributed by atoms with E-state index in [1.54, 1.807) is 32.9 Å². The van der Waals surface area contributed by atoms with Crippen LogP contribution in [-0.2, 0) is 14.8 Å². The van der Waals surface area contributed by atoms with Crippen LogP contribution in [0.25, 0.3) is 0 Å². The fourth-order valence-corrected chi connectivity index (χ4v) is 4.39. The molecule has 0 fully saturated rings. The molecule has 2 rings (SSSR count). The molecule has 0 amide bonds. The lowest BCUT2D eigenvalue weighted by molar-refractivity contribution is 0.0526. The van der Waals surface area contributed by atoms with Crippen LogP contribution < -0.4 is 4.72 Å². The lowest BCUT2D eigenvalue weighted by Crippen LogP contribution is -2.27. The van der Waals surface area contributed by atoms with Crippen LogP contribution in [-0.4, -0.2) is 21.0 Å². The number of esters is 1. The first-order valence-corrected chi connectivity index (χ1v) is 9.57. The number of nitrogens with one attached hydrogen (secondary N) is 1. The van der Waals surface area contributed by atoms with Crippen molar-refractivity contribution in [3.05, 3.63) is 51.9 Å². The standard InChI is InChI=1S/C16H18BrNO5S/c1-4-22-16(19)12-6-8-15(13(17)9-12)24(20,21)18-11(3)14-7-5-10(2)23-14/h5-9,11,18H,4H2,1-3H3/t11-/m0/s1. The Morgan fingerprint density at radius 1 is 1.33 bits per heavy atom. The Balaban J connectivity index is 2.24. The molecule has 1 atom stereocenters. The van der Waals surface area contributed by atoms with Crippen LogP contribution in [0.3, 0.4) is 0 Å². The zero-order valence-corrected chi connectivity index (χ0v) is 15.9. The van der Waals surface area contributed by atoms with Gasteiger partial charge in [-0.15, -0.1) is 0 Å². The number of rotatable bonds is 6. The van der Waals surface area contributed by atoms with Gasteiger partial charge >= 0.3 is 5.97 Å². The van der Waals surface area contributed by atoms with Gasteiger partial charge in [0.05, 0.1) is 23.1 Å². The number of hydrogen-bond acceptors (Lipinski definition) is 5. The van der Waals surface area contributed by atoms with E-state index in [-0.39, 0.29) is 21.5 Å². The van der Waals surface area contributed by atoms with Crippen molar-refractivity contribution in [3.8, 4) is 0 Å². The van der Waals surface area contributed by atoms with Crippen LogP contribution in [0, 0.1) is 6.92 Å². The smallest absolute Gasteiger partial charge is 0.338 e. The number of benzene rings is 1. The molecular weight excluding hydrogens is 398 g/mol. The van der Waals surface area contributed by atoms with Crippen molar-refractivity contribution in [1.29, 1.82) is 0 Å². The van der Waals surface area contributed by atoms with E-state index >= 15 is 0 Å². The van der Waals surface area contributed by atoms with E-state index in [9.17, 15) is 13.2 Å². The van der Waals surface area contributed by atoms with Gasteiger partial charge in [0.2, 0.25) is 10.0 Å². The maximum Gasteiger partial charge on any atom is 0.338 e. The van der Waals surface area contributed by atoms with Gasteiger partial charge in [-0.3, -0.25) is 0 Å². The average Bonchev–Trinajstić information content (AvgIpc) is 2.93. The van der Waals surface area contributed by atoms with Crippen LogP contribution in [0.4, 0.5) is 0 Å². The van der Waals surface area contributed by atoms with Gasteiger partial charge in [0, 0.05) is 4.47 Å². The molecule has 1 aromatic heterocycles. The first-order chi connectivity index (χ1) is 11.2. The van der Waals surface area contributed by atoms with E-state index in [0.29, 0.717) is 11.5 Å². The summed E-state index contributed by atoms with van der Waals surface area (Å²) in [5.74, 6) is 0.723. The summed E-state index contributed by atoms with van der Waals surface area (Å²) in [6.45, 7) is 5.43. The molecule has 130 valence electrons. The first kappa shape index (κ1) is 18.7. The van der Waals surface area contributed by atoms with E-state index in [2.05, 4.69) is 20.7 Å². The third-order valence-corrected chi connectivity index (χ3v) is 5.77. The SMILES string of the molecule is CCOC(=O)c1ccc(S(=O)(=O)N[C@@H](C)c2ccc(C)o2)c(Br)c1. The van der Waals surface area contributed by atoms with E-state index in [4.69, 9.17) is 9.15 Å². The number of hydrogen-bond donors (Lipinski definition) is 1. The number of furan rings is 1.